The Hall–Kier alpha value is -4.25. The molecule has 0 radical (unpaired) electrons. The highest BCUT2D eigenvalue weighted by molar-refractivity contribution is 5.95. The molecule has 5 rings (SSSR count). The predicted molar refractivity (Wildman–Crippen MR) is 130 cm³/mol. The quantitative estimate of drug-likeness (QED) is 0.326. The summed E-state index contributed by atoms with van der Waals surface area (Å²) in [7, 11) is 0. The third-order valence-corrected chi connectivity index (χ3v) is 6.06. The number of rotatable bonds is 6. The lowest BCUT2D eigenvalue weighted by Gasteiger charge is -2.20. The summed E-state index contributed by atoms with van der Waals surface area (Å²) >= 11 is 0. The number of nitrogen functional groups attached to an aromatic ring is 1. The number of aromatic nitrogens is 5. The Bertz CT molecular complexity index is 1400. The van der Waals surface area contributed by atoms with Crippen LogP contribution in [0, 0.1) is 11.6 Å². The molecule has 1 atom stereocenters. The maximum atomic E-state index is 13.4. The Morgan fingerprint density at radius 3 is 2.83 bits per heavy atom. The minimum Gasteiger partial charge on any atom is -0.382 e. The standard InChI is InChI=1S/C25H24F2N8O/c26-18-7-6-14(9-19(18)27)11-31-25(36)16-4-1-3-15(10-16)20-13-30-22(28)21(32-20)24-33-23(34-35-24)17-5-2-8-29-12-17/h1,3-4,6-7,9-10,13,17,29H,2,5,8,11-12H2,(H2,28,30)(H,31,36)(H,33,34,35)/t17-/m0/s1. The second-order valence-corrected chi connectivity index (χ2v) is 8.59. The molecule has 1 saturated heterocycles. The maximum Gasteiger partial charge on any atom is 0.251 e. The molecule has 0 bridgehead atoms. The van der Waals surface area contributed by atoms with Crippen LogP contribution in [0.25, 0.3) is 22.8 Å². The van der Waals surface area contributed by atoms with Crippen LogP contribution in [0.1, 0.15) is 40.5 Å². The van der Waals surface area contributed by atoms with Crippen molar-refractivity contribution in [3.05, 3.63) is 77.2 Å². The first-order valence-corrected chi connectivity index (χ1v) is 11.6. The molecule has 36 heavy (non-hydrogen) atoms. The average molecular weight is 491 g/mol. The lowest BCUT2D eigenvalue weighted by Crippen LogP contribution is -2.28. The third-order valence-electron chi connectivity index (χ3n) is 6.06. The van der Waals surface area contributed by atoms with Crippen LogP contribution in [-0.2, 0) is 6.54 Å². The number of carbonyl (C=O) groups is 1. The summed E-state index contributed by atoms with van der Waals surface area (Å²) in [6, 6.07) is 10.3. The summed E-state index contributed by atoms with van der Waals surface area (Å²) in [6.07, 6.45) is 3.62. The van der Waals surface area contributed by atoms with Crippen LogP contribution in [0.15, 0.2) is 48.7 Å². The van der Waals surface area contributed by atoms with E-state index in [-0.39, 0.29) is 24.2 Å². The number of carbonyl (C=O) groups excluding carboxylic acids is 1. The van der Waals surface area contributed by atoms with Gasteiger partial charge in [0.15, 0.2) is 23.1 Å². The van der Waals surface area contributed by atoms with Gasteiger partial charge in [0.05, 0.1) is 11.9 Å². The summed E-state index contributed by atoms with van der Waals surface area (Å²) in [4.78, 5) is 26.2. The lowest BCUT2D eigenvalue weighted by molar-refractivity contribution is 0.0951. The van der Waals surface area contributed by atoms with Crippen molar-refractivity contribution in [2.75, 3.05) is 18.8 Å². The molecule has 0 spiro atoms. The highest BCUT2D eigenvalue weighted by atomic mass is 19.2. The normalized spacial score (nSPS) is 15.6. The number of nitrogens with two attached hydrogens (primary N) is 1. The Balaban J connectivity index is 1.34. The lowest BCUT2D eigenvalue weighted by atomic mass is 9.99. The van der Waals surface area contributed by atoms with Gasteiger partial charge in [-0.2, -0.15) is 5.10 Å². The number of halogens is 2. The van der Waals surface area contributed by atoms with E-state index >= 15 is 0 Å². The number of anilines is 1. The van der Waals surface area contributed by atoms with E-state index in [0.717, 1.165) is 43.9 Å². The molecule has 4 aromatic rings. The van der Waals surface area contributed by atoms with Crippen molar-refractivity contribution in [3.8, 4) is 22.8 Å². The number of aromatic amines is 1. The molecule has 11 heteroatoms. The molecule has 1 fully saturated rings. The zero-order chi connectivity index (χ0) is 25.1. The SMILES string of the molecule is Nc1ncc(-c2cccc(C(=O)NCc3ccc(F)c(F)c3)c2)nc1-c1n[nH]c([C@H]2CCCNC2)n1. The second-order valence-electron chi connectivity index (χ2n) is 8.59. The van der Waals surface area contributed by atoms with Crippen LogP contribution < -0.4 is 16.4 Å². The fourth-order valence-corrected chi connectivity index (χ4v) is 4.10. The van der Waals surface area contributed by atoms with Crippen LogP contribution in [0.2, 0.25) is 0 Å². The Labute approximate surface area is 205 Å². The first kappa shape index (κ1) is 23.5. The van der Waals surface area contributed by atoms with Crippen LogP contribution in [0.3, 0.4) is 0 Å². The summed E-state index contributed by atoms with van der Waals surface area (Å²) in [6.45, 7) is 1.89. The Morgan fingerprint density at radius 2 is 2.03 bits per heavy atom. The highest BCUT2D eigenvalue weighted by Crippen LogP contribution is 2.26. The molecule has 2 aromatic carbocycles. The zero-order valence-corrected chi connectivity index (χ0v) is 19.3. The van der Waals surface area contributed by atoms with E-state index < -0.39 is 11.6 Å². The van der Waals surface area contributed by atoms with E-state index in [0.29, 0.717) is 33.9 Å². The van der Waals surface area contributed by atoms with Crippen LogP contribution in [0.5, 0.6) is 0 Å². The largest absolute Gasteiger partial charge is 0.382 e. The molecule has 0 saturated carbocycles. The smallest absolute Gasteiger partial charge is 0.251 e. The van der Waals surface area contributed by atoms with Crippen molar-refractivity contribution in [2.24, 2.45) is 0 Å². The van der Waals surface area contributed by atoms with Crippen molar-refractivity contribution in [3.63, 3.8) is 0 Å². The molecule has 184 valence electrons. The third kappa shape index (κ3) is 5.05. The molecule has 1 aliphatic heterocycles. The zero-order valence-electron chi connectivity index (χ0n) is 19.3. The van der Waals surface area contributed by atoms with Gasteiger partial charge in [0.25, 0.3) is 5.91 Å². The minimum atomic E-state index is -0.963. The number of hydrogen-bond donors (Lipinski definition) is 4. The molecular formula is C25H24F2N8O. The van der Waals surface area contributed by atoms with Gasteiger partial charge in [-0.05, 0) is 49.2 Å². The van der Waals surface area contributed by atoms with E-state index in [1.54, 1.807) is 24.3 Å². The number of hydrogen-bond acceptors (Lipinski definition) is 7. The first-order valence-electron chi connectivity index (χ1n) is 11.6. The van der Waals surface area contributed by atoms with Gasteiger partial charge in [-0.15, -0.1) is 0 Å². The molecule has 0 aliphatic carbocycles. The van der Waals surface area contributed by atoms with E-state index in [9.17, 15) is 13.6 Å². The molecule has 0 unspecified atom stereocenters. The summed E-state index contributed by atoms with van der Waals surface area (Å²) in [5.41, 5.74) is 8.41. The molecule has 3 heterocycles. The van der Waals surface area contributed by atoms with E-state index in [4.69, 9.17) is 5.73 Å². The van der Waals surface area contributed by atoms with Gasteiger partial charge in [-0.25, -0.2) is 23.7 Å². The fraction of sp³-hybridized carbons (Fsp3) is 0.240. The molecule has 5 N–H and O–H groups in total. The van der Waals surface area contributed by atoms with Crippen LogP contribution in [0.4, 0.5) is 14.6 Å². The van der Waals surface area contributed by atoms with E-state index in [1.165, 1.54) is 12.3 Å². The average Bonchev–Trinajstić information content (AvgIpc) is 3.40. The summed E-state index contributed by atoms with van der Waals surface area (Å²) < 4.78 is 26.5. The molecule has 9 nitrogen and oxygen atoms in total. The van der Waals surface area contributed by atoms with Gasteiger partial charge in [0.2, 0.25) is 5.82 Å². The van der Waals surface area contributed by atoms with Gasteiger partial charge in [0, 0.05) is 30.1 Å². The second kappa shape index (κ2) is 10.2. The number of H-pyrrole nitrogens is 1. The van der Waals surface area contributed by atoms with Gasteiger partial charge in [-0.1, -0.05) is 18.2 Å². The van der Waals surface area contributed by atoms with Crippen molar-refractivity contribution in [2.45, 2.75) is 25.3 Å². The molecule has 2 aromatic heterocycles. The Kier molecular flexibility index (Phi) is 6.63. The van der Waals surface area contributed by atoms with Gasteiger partial charge in [0.1, 0.15) is 5.82 Å². The number of amides is 1. The highest BCUT2D eigenvalue weighted by Gasteiger charge is 2.21. The monoisotopic (exact) mass is 490 g/mol. The topological polar surface area (TPSA) is 134 Å². The van der Waals surface area contributed by atoms with Crippen molar-refractivity contribution in [1.82, 2.24) is 35.8 Å². The van der Waals surface area contributed by atoms with Gasteiger partial charge in [-0.3, -0.25) is 9.89 Å². The molecule has 1 amide bonds. The fourth-order valence-electron chi connectivity index (χ4n) is 4.10. The molecular weight excluding hydrogens is 466 g/mol. The van der Waals surface area contributed by atoms with Crippen molar-refractivity contribution >= 4 is 11.7 Å². The van der Waals surface area contributed by atoms with Crippen molar-refractivity contribution < 1.29 is 13.6 Å². The number of nitrogens with one attached hydrogen (secondary N) is 3. The predicted octanol–water partition coefficient (Wildman–Crippen LogP) is 3.19. The minimum absolute atomic E-state index is 0.0514. The van der Waals surface area contributed by atoms with Gasteiger partial charge < -0.3 is 16.4 Å². The van der Waals surface area contributed by atoms with Crippen LogP contribution >= 0.6 is 0 Å². The summed E-state index contributed by atoms with van der Waals surface area (Å²) in [5.74, 6) is -0.675. The van der Waals surface area contributed by atoms with E-state index in [2.05, 4.69) is 35.8 Å². The number of benzene rings is 2. The number of nitrogens with zero attached hydrogens (tertiary/aromatic N) is 4. The van der Waals surface area contributed by atoms with Crippen molar-refractivity contribution in [1.29, 1.82) is 0 Å². The molecule has 1 aliphatic rings. The maximum absolute atomic E-state index is 13.4. The Morgan fingerprint density at radius 1 is 1.14 bits per heavy atom. The first-order chi connectivity index (χ1) is 17.5. The summed E-state index contributed by atoms with van der Waals surface area (Å²) in [5, 5.41) is 13.4. The van der Waals surface area contributed by atoms with Gasteiger partial charge >= 0.3 is 0 Å². The van der Waals surface area contributed by atoms with E-state index in [1.807, 2.05) is 0 Å². The van der Waals surface area contributed by atoms with Crippen LogP contribution in [-0.4, -0.2) is 44.1 Å². The number of piperidine rings is 1.